The van der Waals surface area contributed by atoms with Gasteiger partial charge in [-0.2, -0.15) is 5.10 Å². The molecule has 8 heteroatoms. The molecule has 1 fully saturated rings. The lowest BCUT2D eigenvalue weighted by Gasteiger charge is -2.32. The maximum absolute atomic E-state index is 6.37. The molecule has 0 amide bonds. The molecule has 5 rings (SSSR count). The second kappa shape index (κ2) is 10.4. The molecule has 0 spiro atoms. The third-order valence-electron chi connectivity index (χ3n) is 6.83. The zero-order valence-corrected chi connectivity index (χ0v) is 21.3. The highest BCUT2D eigenvalue weighted by Crippen LogP contribution is 2.28. The van der Waals surface area contributed by atoms with Crippen molar-refractivity contribution in [3.63, 3.8) is 0 Å². The quantitative estimate of drug-likeness (QED) is 0.359. The zero-order valence-electron chi connectivity index (χ0n) is 20.6. The van der Waals surface area contributed by atoms with Crippen molar-refractivity contribution in [2.45, 2.75) is 32.4 Å². The summed E-state index contributed by atoms with van der Waals surface area (Å²) in [5.74, 6) is 1.79. The summed E-state index contributed by atoms with van der Waals surface area (Å²) in [6.07, 6.45) is 5.61. The SMILES string of the molecule is COc1ccc(CCc2nc3cc(-c4cnn(C)c4)ccc3n2C[C@H](C)N2CCOCC2)cc1Cl. The Kier molecular flexibility index (Phi) is 7.09. The van der Waals surface area contributed by atoms with Crippen molar-refractivity contribution in [2.24, 2.45) is 7.05 Å². The van der Waals surface area contributed by atoms with E-state index in [1.165, 1.54) is 11.1 Å². The Morgan fingerprint density at radius 2 is 1.91 bits per heavy atom. The van der Waals surface area contributed by atoms with E-state index in [9.17, 15) is 0 Å². The van der Waals surface area contributed by atoms with Crippen LogP contribution in [0, 0.1) is 0 Å². The molecular weight excluding hydrogens is 462 g/mol. The number of hydrogen-bond acceptors (Lipinski definition) is 5. The van der Waals surface area contributed by atoms with Crippen molar-refractivity contribution in [1.82, 2.24) is 24.2 Å². The lowest BCUT2D eigenvalue weighted by Crippen LogP contribution is -2.44. The van der Waals surface area contributed by atoms with Crippen LogP contribution in [0.3, 0.4) is 0 Å². The Bertz CT molecular complexity index is 1310. The summed E-state index contributed by atoms with van der Waals surface area (Å²) in [4.78, 5) is 7.62. The van der Waals surface area contributed by atoms with Crippen molar-refractivity contribution in [1.29, 1.82) is 0 Å². The Labute approximate surface area is 211 Å². The van der Waals surface area contributed by atoms with Crippen molar-refractivity contribution in [3.8, 4) is 16.9 Å². The van der Waals surface area contributed by atoms with Gasteiger partial charge < -0.3 is 14.0 Å². The maximum Gasteiger partial charge on any atom is 0.137 e. The van der Waals surface area contributed by atoms with Crippen LogP contribution in [0.1, 0.15) is 18.3 Å². The Balaban J connectivity index is 1.45. The molecule has 1 atom stereocenters. The molecule has 1 aliphatic heterocycles. The molecule has 3 heterocycles. The molecule has 1 aliphatic rings. The molecule has 0 saturated carbocycles. The van der Waals surface area contributed by atoms with Crippen LogP contribution in [0.4, 0.5) is 0 Å². The molecule has 0 aliphatic carbocycles. The molecule has 2 aromatic carbocycles. The highest BCUT2D eigenvalue weighted by molar-refractivity contribution is 6.32. The van der Waals surface area contributed by atoms with E-state index in [0.29, 0.717) is 16.8 Å². The van der Waals surface area contributed by atoms with Gasteiger partial charge in [-0.05, 0) is 48.7 Å². The molecule has 2 aromatic heterocycles. The van der Waals surface area contributed by atoms with Crippen LogP contribution in [0.5, 0.6) is 5.75 Å². The Hall–Kier alpha value is -2.87. The van der Waals surface area contributed by atoms with E-state index in [1.807, 2.05) is 36.3 Å². The van der Waals surface area contributed by atoms with Crippen molar-refractivity contribution in [3.05, 3.63) is 65.2 Å². The minimum Gasteiger partial charge on any atom is -0.495 e. The van der Waals surface area contributed by atoms with E-state index >= 15 is 0 Å². The van der Waals surface area contributed by atoms with Crippen LogP contribution < -0.4 is 4.74 Å². The molecule has 0 radical (unpaired) electrons. The van der Waals surface area contributed by atoms with Crippen LogP contribution in [-0.2, 0) is 31.2 Å². The number of aromatic nitrogens is 4. The summed E-state index contributed by atoms with van der Waals surface area (Å²) in [5, 5.41) is 4.96. The largest absolute Gasteiger partial charge is 0.495 e. The third-order valence-corrected chi connectivity index (χ3v) is 7.13. The number of hydrogen-bond donors (Lipinski definition) is 0. The van der Waals surface area contributed by atoms with Gasteiger partial charge in [-0.25, -0.2) is 4.98 Å². The van der Waals surface area contributed by atoms with Gasteiger partial charge in [0.25, 0.3) is 0 Å². The van der Waals surface area contributed by atoms with Gasteiger partial charge in [-0.3, -0.25) is 9.58 Å². The molecule has 184 valence electrons. The lowest BCUT2D eigenvalue weighted by atomic mass is 10.1. The molecule has 0 unspecified atom stereocenters. The average Bonchev–Trinajstić information content (AvgIpc) is 3.46. The van der Waals surface area contributed by atoms with Crippen molar-refractivity contribution >= 4 is 22.6 Å². The van der Waals surface area contributed by atoms with Crippen LogP contribution in [0.15, 0.2) is 48.8 Å². The predicted molar refractivity (Wildman–Crippen MR) is 139 cm³/mol. The van der Waals surface area contributed by atoms with Crippen molar-refractivity contribution in [2.75, 3.05) is 33.4 Å². The first kappa shape index (κ1) is 23.9. The summed E-state index contributed by atoms with van der Waals surface area (Å²) in [6.45, 7) is 6.73. The van der Waals surface area contributed by atoms with Crippen LogP contribution in [-0.4, -0.2) is 63.7 Å². The van der Waals surface area contributed by atoms with Crippen LogP contribution in [0.2, 0.25) is 5.02 Å². The van der Waals surface area contributed by atoms with Gasteiger partial charge >= 0.3 is 0 Å². The summed E-state index contributed by atoms with van der Waals surface area (Å²) in [5.41, 5.74) is 5.58. The number of imidazole rings is 1. The fourth-order valence-electron chi connectivity index (χ4n) is 4.84. The van der Waals surface area contributed by atoms with Gasteiger partial charge in [0.15, 0.2) is 0 Å². The number of nitrogens with zero attached hydrogens (tertiary/aromatic N) is 5. The normalized spacial score (nSPS) is 15.5. The fourth-order valence-corrected chi connectivity index (χ4v) is 5.12. The zero-order chi connectivity index (χ0) is 24.4. The molecule has 0 bridgehead atoms. The second-order valence-electron chi connectivity index (χ2n) is 9.21. The molecule has 4 aromatic rings. The van der Waals surface area contributed by atoms with Gasteiger partial charge in [0.2, 0.25) is 0 Å². The minimum absolute atomic E-state index is 0.392. The van der Waals surface area contributed by atoms with E-state index < -0.39 is 0 Å². The number of benzene rings is 2. The third kappa shape index (κ3) is 5.22. The minimum atomic E-state index is 0.392. The highest BCUT2D eigenvalue weighted by atomic mass is 35.5. The number of aryl methyl sites for hydroxylation is 3. The fraction of sp³-hybridized carbons (Fsp3) is 0.407. The summed E-state index contributed by atoms with van der Waals surface area (Å²) in [6, 6.07) is 12.9. The Morgan fingerprint density at radius 3 is 2.63 bits per heavy atom. The summed E-state index contributed by atoms with van der Waals surface area (Å²) >= 11 is 6.37. The summed E-state index contributed by atoms with van der Waals surface area (Å²) in [7, 11) is 3.58. The van der Waals surface area contributed by atoms with Gasteiger partial charge in [-0.15, -0.1) is 0 Å². The van der Waals surface area contributed by atoms with E-state index in [0.717, 1.165) is 68.2 Å². The molecule has 1 saturated heterocycles. The topological polar surface area (TPSA) is 57.3 Å². The number of morpholine rings is 1. The standard InChI is InChI=1S/C27H32ClN5O2/c1-19(32-10-12-35-13-11-32)17-33-25-7-6-21(22-16-29-31(2)18-22)15-24(25)30-27(33)9-5-20-4-8-26(34-3)23(28)14-20/h4,6-8,14-16,18-19H,5,9-13,17H2,1-3H3/t19-/m0/s1. The Morgan fingerprint density at radius 1 is 1.09 bits per heavy atom. The van der Waals surface area contributed by atoms with Gasteiger partial charge in [-0.1, -0.05) is 23.7 Å². The second-order valence-corrected chi connectivity index (χ2v) is 9.62. The van der Waals surface area contributed by atoms with E-state index in [1.54, 1.807) is 7.11 Å². The van der Waals surface area contributed by atoms with E-state index in [4.69, 9.17) is 26.1 Å². The van der Waals surface area contributed by atoms with Gasteiger partial charge in [0.05, 0.1) is 42.6 Å². The number of fused-ring (bicyclic) bond motifs is 1. The number of ether oxygens (including phenoxy) is 2. The predicted octanol–water partition coefficient (Wildman–Crippen LogP) is 4.60. The van der Waals surface area contributed by atoms with Gasteiger partial charge in [0, 0.05) is 50.9 Å². The summed E-state index contributed by atoms with van der Waals surface area (Å²) < 4.78 is 15.1. The molecule has 0 N–H and O–H groups in total. The van der Waals surface area contributed by atoms with Crippen molar-refractivity contribution < 1.29 is 9.47 Å². The first-order valence-electron chi connectivity index (χ1n) is 12.1. The molecule has 35 heavy (non-hydrogen) atoms. The first-order valence-corrected chi connectivity index (χ1v) is 12.5. The average molecular weight is 494 g/mol. The maximum atomic E-state index is 6.37. The molecule has 7 nitrogen and oxygen atoms in total. The monoisotopic (exact) mass is 493 g/mol. The van der Waals surface area contributed by atoms with Gasteiger partial charge in [0.1, 0.15) is 11.6 Å². The lowest BCUT2D eigenvalue weighted by molar-refractivity contribution is 0.0170. The van der Waals surface area contributed by atoms with E-state index in [-0.39, 0.29) is 0 Å². The number of rotatable bonds is 8. The smallest absolute Gasteiger partial charge is 0.137 e. The van der Waals surface area contributed by atoms with E-state index in [2.05, 4.69) is 45.8 Å². The highest BCUT2D eigenvalue weighted by Gasteiger charge is 2.20. The van der Waals surface area contributed by atoms with Crippen LogP contribution in [0.25, 0.3) is 22.2 Å². The molecular formula is C27H32ClN5O2. The van der Waals surface area contributed by atoms with Crippen LogP contribution >= 0.6 is 11.6 Å². The number of methoxy groups -OCH3 is 1. The number of halogens is 1. The first-order chi connectivity index (χ1) is 17.0.